The Morgan fingerprint density at radius 3 is 2.56 bits per heavy atom. The summed E-state index contributed by atoms with van der Waals surface area (Å²) in [5, 5.41) is 10.7. The summed E-state index contributed by atoms with van der Waals surface area (Å²) in [7, 11) is 0. The van der Waals surface area contributed by atoms with Crippen molar-refractivity contribution >= 4 is 27.8 Å². The number of halogens is 3. The maximum Gasteiger partial charge on any atom is 0.417 e. The third kappa shape index (κ3) is 2.86. The minimum atomic E-state index is -4.54. The van der Waals surface area contributed by atoms with Crippen molar-refractivity contribution in [2.45, 2.75) is 12.8 Å². The van der Waals surface area contributed by atoms with Crippen molar-refractivity contribution in [3.8, 4) is 5.69 Å². The van der Waals surface area contributed by atoms with Gasteiger partial charge in [-0.15, -0.1) is 0 Å². The van der Waals surface area contributed by atoms with Gasteiger partial charge in [0.05, 0.1) is 29.9 Å². The van der Waals surface area contributed by atoms with E-state index in [1.165, 1.54) is 18.5 Å². The summed E-state index contributed by atoms with van der Waals surface area (Å²) >= 11 is 0. The first-order valence-electron chi connectivity index (χ1n) is 8.08. The Bertz CT molecular complexity index is 1180. The molecule has 0 spiro atoms. The molecule has 1 heterocycles. The molecule has 0 aliphatic heterocycles. The monoisotopic (exact) mass is 370 g/mol. The highest BCUT2D eigenvalue weighted by Gasteiger charge is 2.33. The SMILES string of the molecule is O=Cc1ccc(C(F)(F)F)c2cc3c(-n4cnc(CO)c4)cccc3cc12. The van der Waals surface area contributed by atoms with Crippen LogP contribution in [0, 0.1) is 0 Å². The molecule has 0 saturated carbocycles. The Morgan fingerprint density at radius 2 is 1.89 bits per heavy atom. The predicted molar refractivity (Wildman–Crippen MR) is 94.9 cm³/mol. The van der Waals surface area contributed by atoms with Crippen LogP contribution in [0.2, 0.25) is 0 Å². The lowest BCUT2D eigenvalue weighted by Gasteiger charge is -2.14. The molecular weight excluding hydrogens is 357 g/mol. The first-order chi connectivity index (χ1) is 12.9. The highest BCUT2D eigenvalue weighted by molar-refractivity contribution is 6.08. The molecule has 136 valence electrons. The van der Waals surface area contributed by atoms with Crippen LogP contribution in [0.15, 0.2) is 55.0 Å². The number of carbonyl (C=O) groups is 1. The molecule has 0 saturated heterocycles. The van der Waals surface area contributed by atoms with Crippen molar-refractivity contribution in [1.29, 1.82) is 0 Å². The zero-order valence-corrected chi connectivity index (χ0v) is 13.9. The molecule has 0 aliphatic carbocycles. The molecule has 0 unspecified atom stereocenters. The van der Waals surface area contributed by atoms with Gasteiger partial charge in [-0.2, -0.15) is 13.2 Å². The number of imidazole rings is 1. The van der Waals surface area contributed by atoms with Crippen LogP contribution in [-0.4, -0.2) is 20.9 Å². The van der Waals surface area contributed by atoms with Crippen LogP contribution in [0.5, 0.6) is 0 Å². The Morgan fingerprint density at radius 1 is 1.07 bits per heavy atom. The third-order valence-corrected chi connectivity index (χ3v) is 4.53. The molecule has 4 rings (SSSR count). The van der Waals surface area contributed by atoms with Gasteiger partial charge in [-0.1, -0.05) is 18.2 Å². The second-order valence-electron chi connectivity index (χ2n) is 6.14. The second-order valence-corrected chi connectivity index (χ2v) is 6.14. The van der Waals surface area contributed by atoms with Gasteiger partial charge in [-0.05, 0) is 40.4 Å². The fourth-order valence-electron chi connectivity index (χ4n) is 3.28. The summed E-state index contributed by atoms with van der Waals surface area (Å²) < 4.78 is 42.1. The lowest BCUT2D eigenvalue weighted by molar-refractivity contribution is -0.136. The molecule has 0 atom stereocenters. The highest BCUT2D eigenvalue weighted by atomic mass is 19.4. The quantitative estimate of drug-likeness (QED) is 0.427. The second kappa shape index (κ2) is 6.21. The number of fused-ring (bicyclic) bond motifs is 2. The van der Waals surface area contributed by atoms with Crippen molar-refractivity contribution in [2.75, 3.05) is 0 Å². The highest BCUT2D eigenvalue weighted by Crippen LogP contribution is 2.38. The number of aromatic nitrogens is 2. The standard InChI is InChI=1S/C20H13F3N2O2/c21-20(22,23)18-5-4-13(9-26)15-6-12-2-1-3-19(16(12)7-17(15)18)25-8-14(10-27)24-11-25/h1-9,11,27H,10H2. The van der Waals surface area contributed by atoms with E-state index in [2.05, 4.69) is 4.98 Å². The zero-order chi connectivity index (χ0) is 19.2. The van der Waals surface area contributed by atoms with Crippen molar-refractivity contribution in [1.82, 2.24) is 9.55 Å². The summed E-state index contributed by atoms with van der Waals surface area (Å²) in [5.74, 6) is 0. The molecule has 27 heavy (non-hydrogen) atoms. The molecular formula is C20H13F3N2O2. The van der Waals surface area contributed by atoms with E-state index in [4.69, 9.17) is 0 Å². The molecule has 7 heteroatoms. The van der Waals surface area contributed by atoms with Gasteiger partial charge < -0.3 is 9.67 Å². The molecule has 4 aromatic rings. The van der Waals surface area contributed by atoms with Crippen LogP contribution in [0.4, 0.5) is 13.2 Å². The summed E-state index contributed by atoms with van der Waals surface area (Å²) in [6, 6.07) is 10.5. The number of hydrogen-bond acceptors (Lipinski definition) is 3. The minimum Gasteiger partial charge on any atom is -0.390 e. The van der Waals surface area contributed by atoms with Crippen molar-refractivity contribution < 1.29 is 23.1 Å². The number of nitrogens with zero attached hydrogens (tertiary/aromatic N) is 2. The van der Waals surface area contributed by atoms with Gasteiger partial charge in [0.25, 0.3) is 0 Å². The predicted octanol–water partition coefficient (Wildman–Crippen LogP) is 4.50. The minimum absolute atomic E-state index is 0.0328. The van der Waals surface area contributed by atoms with Crippen molar-refractivity contribution in [3.05, 3.63) is 71.8 Å². The van der Waals surface area contributed by atoms with E-state index in [1.54, 1.807) is 35.0 Å². The van der Waals surface area contributed by atoms with E-state index in [0.717, 1.165) is 6.07 Å². The van der Waals surface area contributed by atoms with E-state index in [-0.39, 0.29) is 22.9 Å². The van der Waals surface area contributed by atoms with Gasteiger partial charge in [0, 0.05) is 17.1 Å². The van der Waals surface area contributed by atoms with E-state index < -0.39 is 11.7 Å². The largest absolute Gasteiger partial charge is 0.417 e. The van der Waals surface area contributed by atoms with Crippen LogP contribution in [0.1, 0.15) is 21.6 Å². The Labute approximate surface area is 151 Å². The zero-order valence-electron chi connectivity index (χ0n) is 13.9. The molecule has 3 aromatic carbocycles. The molecule has 1 aromatic heterocycles. The summed E-state index contributed by atoms with van der Waals surface area (Å²) in [4.78, 5) is 15.4. The molecule has 0 bridgehead atoms. The number of rotatable bonds is 3. The molecule has 1 N–H and O–H groups in total. The van der Waals surface area contributed by atoms with Crippen LogP contribution in [0.25, 0.3) is 27.2 Å². The Balaban J connectivity index is 2.09. The van der Waals surface area contributed by atoms with Crippen LogP contribution in [-0.2, 0) is 12.8 Å². The number of aliphatic hydroxyl groups excluding tert-OH is 1. The van der Waals surface area contributed by atoms with Gasteiger partial charge in [-0.3, -0.25) is 4.79 Å². The lowest BCUT2D eigenvalue weighted by atomic mass is 9.95. The smallest absolute Gasteiger partial charge is 0.390 e. The number of aliphatic hydroxyl groups is 1. The number of aldehydes is 1. The molecule has 0 fully saturated rings. The number of carbonyl (C=O) groups excluding carboxylic acids is 1. The fourth-order valence-corrected chi connectivity index (χ4v) is 3.28. The van der Waals surface area contributed by atoms with Crippen molar-refractivity contribution in [3.63, 3.8) is 0 Å². The fraction of sp³-hybridized carbons (Fsp3) is 0.100. The first-order valence-corrected chi connectivity index (χ1v) is 8.08. The summed E-state index contributed by atoms with van der Waals surface area (Å²) in [6.45, 7) is -0.235. The average molecular weight is 370 g/mol. The molecule has 0 aliphatic rings. The number of hydrogen-bond donors (Lipinski definition) is 1. The van der Waals surface area contributed by atoms with Gasteiger partial charge in [0.1, 0.15) is 0 Å². The molecule has 0 radical (unpaired) electrons. The maximum atomic E-state index is 13.5. The number of benzene rings is 3. The van der Waals surface area contributed by atoms with E-state index in [0.29, 0.717) is 28.4 Å². The van der Waals surface area contributed by atoms with E-state index in [9.17, 15) is 23.1 Å². The Hall–Kier alpha value is -3.19. The summed E-state index contributed by atoms with van der Waals surface area (Å²) in [6.07, 6.45) is -0.870. The maximum absolute atomic E-state index is 13.5. The van der Waals surface area contributed by atoms with Gasteiger partial charge in [0.15, 0.2) is 6.29 Å². The van der Waals surface area contributed by atoms with Crippen LogP contribution in [0.3, 0.4) is 0 Å². The molecule has 0 amide bonds. The van der Waals surface area contributed by atoms with Crippen LogP contribution < -0.4 is 0 Å². The molecule has 4 nitrogen and oxygen atoms in total. The van der Waals surface area contributed by atoms with Gasteiger partial charge >= 0.3 is 6.18 Å². The average Bonchev–Trinajstić information content (AvgIpc) is 3.13. The van der Waals surface area contributed by atoms with E-state index in [1.807, 2.05) is 0 Å². The number of alkyl halides is 3. The van der Waals surface area contributed by atoms with Crippen molar-refractivity contribution in [2.24, 2.45) is 0 Å². The van der Waals surface area contributed by atoms with Gasteiger partial charge in [0.2, 0.25) is 0 Å². The third-order valence-electron chi connectivity index (χ3n) is 4.53. The van der Waals surface area contributed by atoms with Gasteiger partial charge in [-0.25, -0.2) is 4.98 Å². The Kier molecular flexibility index (Phi) is 3.96. The van der Waals surface area contributed by atoms with Crippen LogP contribution >= 0.6 is 0 Å². The normalized spacial score (nSPS) is 12.0. The topological polar surface area (TPSA) is 55.1 Å². The lowest BCUT2D eigenvalue weighted by Crippen LogP contribution is -2.06. The van der Waals surface area contributed by atoms with E-state index >= 15 is 0 Å². The summed E-state index contributed by atoms with van der Waals surface area (Å²) in [5.41, 5.74) is 0.496. The first kappa shape index (κ1) is 17.2.